The van der Waals surface area contributed by atoms with Gasteiger partial charge in [-0.25, -0.2) is 0 Å². The summed E-state index contributed by atoms with van der Waals surface area (Å²) in [5.74, 6) is 0. The largest absolute Gasteiger partial charge is 0.416 e. The molecule has 2 aromatic carbocycles. The molecule has 0 saturated carbocycles. The lowest BCUT2D eigenvalue weighted by Gasteiger charge is -2.22. The Bertz CT molecular complexity index is 715. The van der Waals surface area contributed by atoms with E-state index in [2.05, 4.69) is 52.1 Å². The lowest BCUT2D eigenvalue weighted by molar-refractivity contribution is -0.137. The van der Waals surface area contributed by atoms with E-state index in [1.165, 1.54) is 17.3 Å². The first kappa shape index (κ1) is 16.3. The minimum Gasteiger partial charge on any atom is -0.166 e. The Morgan fingerprint density at radius 2 is 1.17 bits per heavy atom. The van der Waals surface area contributed by atoms with E-state index in [0.717, 1.165) is 21.9 Å². The van der Waals surface area contributed by atoms with Crippen LogP contribution in [0.25, 0.3) is 11.1 Å². The van der Waals surface area contributed by atoms with Crippen LogP contribution in [0.2, 0.25) is 13.1 Å². The molecule has 23 heavy (non-hydrogen) atoms. The van der Waals surface area contributed by atoms with Crippen LogP contribution in [0.1, 0.15) is 31.9 Å². The van der Waals surface area contributed by atoms with Gasteiger partial charge in [0.15, 0.2) is 0 Å². The van der Waals surface area contributed by atoms with Crippen molar-refractivity contribution in [1.82, 2.24) is 0 Å². The molecule has 1 aliphatic heterocycles. The van der Waals surface area contributed by atoms with Gasteiger partial charge in [-0.3, -0.25) is 0 Å². The fourth-order valence-corrected chi connectivity index (χ4v) is 6.46. The second-order valence-electron chi connectivity index (χ2n) is 7.89. The summed E-state index contributed by atoms with van der Waals surface area (Å²) in [6.07, 6.45) is -4.30. The minimum absolute atomic E-state index is 0.0227. The molecule has 0 atom stereocenters. The Hall–Kier alpha value is -1.55. The second-order valence-corrected chi connectivity index (χ2v) is 12.2. The first-order valence-corrected chi connectivity index (χ1v) is 10.8. The zero-order valence-electron chi connectivity index (χ0n) is 14.1. The van der Waals surface area contributed by atoms with Crippen LogP contribution in [0.3, 0.4) is 0 Å². The molecule has 0 N–H and O–H groups in total. The van der Waals surface area contributed by atoms with Crippen molar-refractivity contribution in [2.24, 2.45) is 0 Å². The predicted octanol–water partition coefficient (Wildman–Crippen LogP) is 4.81. The zero-order chi connectivity index (χ0) is 17.2. The van der Waals surface area contributed by atoms with E-state index in [0.29, 0.717) is 0 Å². The standard InChI is InChI=1S/C19H21F3Si/c1-18(2,3)12-6-8-16-14(10-12)15-11-13(19(20,21)22)7-9-17(15)23(16,4)5/h6-11H,1-5H3. The van der Waals surface area contributed by atoms with Crippen molar-refractivity contribution in [3.8, 4) is 11.1 Å². The maximum atomic E-state index is 13.1. The molecular formula is C19H21F3Si. The number of alkyl halides is 3. The van der Waals surface area contributed by atoms with Gasteiger partial charge in [0.2, 0.25) is 0 Å². The van der Waals surface area contributed by atoms with Gasteiger partial charge in [-0.15, -0.1) is 0 Å². The van der Waals surface area contributed by atoms with Crippen molar-refractivity contribution in [3.05, 3.63) is 47.5 Å². The van der Waals surface area contributed by atoms with Gasteiger partial charge in [-0.2, -0.15) is 13.2 Å². The van der Waals surface area contributed by atoms with E-state index in [-0.39, 0.29) is 5.41 Å². The van der Waals surface area contributed by atoms with Crippen LogP contribution in [0.5, 0.6) is 0 Å². The van der Waals surface area contributed by atoms with E-state index < -0.39 is 19.8 Å². The first-order valence-electron chi connectivity index (χ1n) is 7.79. The van der Waals surface area contributed by atoms with Crippen LogP contribution >= 0.6 is 0 Å². The van der Waals surface area contributed by atoms with Crippen LogP contribution in [0.15, 0.2) is 36.4 Å². The number of hydrogen-bond acceptors (Lipinski definition) is 0. The fraction of sp³-hybridized carbons (Fsp3) is 0.368. The number of rotatable bonds is 0. The third kappa shape index (κ3) is 2.53. The maximum absolute atomic E-state index is 13.1. The topological polar surface area (TPSA) is 0 Å². The monoisotopic (exact) mass is 334 g/mol. The van der Waals surface area contributed by atoms with Crippen molar-refractivity contribution in [2.75, 3.05) is 0 Å². The summed E-state index contributed by atoms with van der Waals surface area (Å²) >= 11 is 0. The Morgan fingerprint density at radius 1 is 0.739 bits per heavy atom. The lowest BCUT2D eigenvalue weighted by Crippen LogP contribution is -2.49. The van der Waals surface area contributed by atoms with Gasteiger partial charge in [-0.05, 0) is 38.5 Å². The molecule has 0 aliphatic carbocycles. The number of hydrogen-bond donors (Lipinski definition) is 0. The van der Waals surface area contributed by atoms with Crippen LogP contribution in [0.4, 0.5) is 13.2 Å². The quantitative estimate of drug-likeness (QED) is 0.607. The summed E-state index contributed by atoms with van der Waals surface area (Å²) < 4.78 is 39.3. The highest BCUT2D eigenvalue weighted by molar-refractivity contribution is 7.03. The Kier molecular flexibility index (Phi) is 3.35. The SMILES string of the molecule is CC(C)(C)c1ccc2c(c1)-c1cc(C(F)(F)F)ccc1[Si]2(C)C. The first-order chi connectivity index (χ1) is 10.4. The average molecular weight is 334 g/mol. The summed E-state index contributed by atoms with van der Waals surface area (Å²) in [4.78, 5) is 0. The van der Waals surface area contributed by atoms with Gasteiger partial charge >= 0.3 is 6.18 Å². The van der Waals surface area contributed by atoms with Crippen molar-refractivity contribution < 1.29 is 13.2 Å². The molecule has 4 heteroatoms. The summed E-state index contributed by atoms with van der Waals surface area (Å²) in [7, 11) is -1.91. The third-order valence-electron chi connectivity index (χ3n) is 4.87. The molecule has 0 fully saturated rings. The highest BCUT2D eigenvalue weighted by Crippen LogP contribution is 2.36. The Morgan fingerprint density at radius 3 is 1.61 bits per heavy atom. The second kappa shape index (κ2) is 4.73. The normalized spacial score (nSPS) is 16.2. The lowest BCUT2D eigenvalue weighted by atomic mass is 9.85. The average Bonchev–Trinajstić information content (AvgIpc) is 2.65. The number of fused-ring (bicyclic) bond motifs is 3. The fourth-order valence-electron chi connectivity index (χ4n) is 3.41. The van der Waals surface area contributed by atoms with Gasteiger partial charge in [0.25, 0.3) is 0 Å². The van der Waals surface area contributed by atoms with Crippen molar-refractivity contribution >= 4 is 18.4 Å². The Labute approximate surface area is 136 Å². The van der Waals surface area contributed by atoms with Gasteiger partial charge in [0.05, 0.1) is 5.56 Å². The highest BCUT2D eigenvalue weighted by atomic mass is 28.3. The van der Waals surface area contributed by atoms with Gasteiger partial charge in [0.1, 0.15) is 8.07 Å². The van der Waals surface area contributed by atoms with Crippen molar-refractivity contribution in [3.63, 3.8) is 0 Å². The van der Waals surface area contributed by atoms with Crippen LogP contribution in [-0.4, -0.2) is 8.07 Å². The summed E-state index contributed by atoms with van der Waals surface area (Å²) in [6, 6.07) is 10.6. The van der Waals surface area contributed by atoms with Crippen molar-refractivity contribution in [1.29, 1.82) is 0 Å². The van der Waals surface area contributed by atoms with Gasteiger partial charge in [0, 0.05) is 0 Å². The molecule has 0 unspecified atom stereocenters. The molecule has 0 spiro atoms. The Balaban J connectivity index is 2.28. The maximum Gasteiger partial charge on any atom is 0.416 e. The molecule has 1 aliphatic rings. The number of halogens is 3. The smallest absolute Gasteiger partial charge is 0.166 e. The van der Waals surface area contributed by atoms with Crippen LogP contribution in [0, 0.1) is 0 Å². The molecule has 0 bridgehead atoms. The molecule has 0 radical (unpaired) electrons. The molecular weight excluding hydrogens is 313 g/mol. The van der Waals surface area contributed by atoms with E-state index >= 15 is 0 Å². The highest BCUT2D eigenvalue weighted by Gasteiger charge is 2.40. The zero-order valence-corrected chi connectivity index (χ0v) is 15.1. The molecule has 0 aromatic heterocycles. The van der Waals surface area contributed by atoms with Gasteiger partial charge < -0.3 is 0 Å². The third-order valence-corrected chi connectivity index (χ3v) is 8.43. The molecule has 0 amide bonds. The number of benzene rings is 2. The van der Waals surface area contributed by atoms with Crippen LogP contribution < -0.4 is 10.4 Å². The molecule has 122 valence electrons. The van der Waals surface area contributed by atoms with E-state index in [9.17, 15) is 13.2 Å². The minimum atomic E-state index is -4.30. The summed E-state index contributed by atoms with van der Waals surface area (Å²) in [5, 5.41) is 2.34. The molecule has 3 rings (SSSR count). The van der Waals surface area contributed by atoms with E-state index in [4.69, 9.17) is 0 Å². The van der Waals surface area contributed by atoms with Crippen molar-refractivity contribution in [2.45, 2.75) is 45.5 Å². The molecule has 2 aromatic rings. The molecule has 0 nitrogen and oxygen atoms in total. The predicted molar refractivity (Wildman–Crippen MR) is 92.3 cm³/mol. The summed E-state index contributed by atoms with van der Waals surface area (Å²) in [6.45, 7) is 10.8. The van der Waals surface area contributed by atoms with E-state index in [1.807, 2.05) is 0 Å². The molecule has 0 saturated heterocycles. The van der Waals surface area contributed by atoms with E-state index in [1.54, 1.807) is 6.07 Å². The van der Waals surface area contributed by atoms with Gasteiger partial charge in [-0.1, -0.05) is 64.2 Å². The molecule has 1 heterocycles. The van der Waals surface area contributed by atoms with Crippen LogP contribution in [-0.2, 0) is 11.6 Å². The summed E-state index contributed by atoms with van der Waals surface area (Å²) in [5.41, 5.74) is 2.35.